The number of nitro benzene ring substituents is 1. The first-order valence-electron chi connectivity index (χ1n) is 10.9. The standard InChI is InChI=1S/C25H23N3O6/c1-15-6-9-17(10-7-15)22(29)14-26(23(30)18-4-3-5-19(13-18)28(33)34)27-24(31)20-11-8-16(2)12-21(20)25(27)32/h3-10,13,20-21H,11-12,14H2,1-2H3/t20-,21+/m1/s1. The Bertz CT molecular complexity index is 1230. The number of aryl methyl sites for hydroxylation is 1. The van der Waals surface area contributed by atoms with Gasteiger partial charge < -0.3 is 0 Å². The van der Waals surface area contributed by atoms with Crippen LogP contribution in [0, 0.1) is 28.9 Å². The number of hydrogen-bond donors (Lipinski definition) is 0. The summed E-state index contributed by atoms with van der Waals surface area (Å²) in [5, 5.41) is 12.8. The molecule has 34 heavy (non-hydrogen) atoms. The van der Waals surface area contributed by atoms with Crippen LogP contribution in [0.4, 0.5) is 5.69 Å². The van der Waals surface area contributed by atoms with Gasteiger partial charge in [0.25, 0.3) is 23.4 Å². The lowest BCUT2D eigenvalue weighted by atomic mass is 9.82. The van der Waals surface area contributed by atoms with E-state index in [1.54, 1.807) is 24.3 Å². The number of non-ortho nitro benzene ring substituents is 1. The Morgan fingerprint density at radius 1 is 1.03 bits per heavy atom. The Morgan fingerprint density at radius 3 is 2.38 bits per heavy atom. The monoisotopic (exact) mass is 461 g/mol. The van der Waals surface area contributed by atoms with E-state index >= 15 is 0 Å². The number of carbonyl (C=O) groups is 4. The molecule has 1 fully saturated rings. The van der Waals surface area contributed by atoms with Gasteiger partial charge in [0.2, 0.25) is 0 Å². The van der Waals surface area contributed by atoms with Crippen LogP contribution in [-0.4, -0.2) is 45.0 Å². The minimum absolute atomic E-state index is 0.101. The lowest BCUT2D eigenvalue weighted by molar-refractivity contribution is -0.384. The molecule has 0 bridgehead atoms. The van der Waals surface area contributed by atoms with E-state index in [2.05, 4.69) is 0 Å². The lowest BCUT2D eigenvalue weighted by Crippen LogP contribution is -2.52. The molecule has 1 heterocycles. The number of benzene rings is 2. The highest BCUT2D eigenvalue weighted by atomic mass is 16.6. The first kappa shape index (κ1) is 23.0. The molecule has 0 aromatic heterocycles. The highest BCUT2D eigenvalue weighted by molar-refractivity contribution is 6.09. The maximum absolute atomic E-state index is 13.5. The molecule has 2 aromatic carbocycles. The molecule has 0 radical (unpaired) electrons. The third-order valence-electron chi connectivity index (χ3n) is 6.25. The first-order chi connectivity index (χ1) is 16.2. The van der Waals surface area contributed by atoms with Gasteiger partial charge in [0.15, 0.2) is 5.78 Å². The van der Waals surface area contributed by atoms with Crippen molar-refractivity contribution in [2.24, 2.45) is 11.8 Å². The number of Topliss-reactive ketones (excluding diaryl/α,β-unsaturated/α-hetero) is 1. The molecule has 2 atom stereocenters. The van der Waals surface area contributed by atoms with Crippen molar-refractivity contribution >= 4 is 29.2 Å². The third-order valence-corrected chi connectivity index (χ3v) is 6.25. The molecule has 0 spiro atoms. The quantitative estimate of drug-likeness (QED) is 0.214. The molecule has 0 N–H and O–H groups in total. The number of amides is 3. The molecule has 9 heteroatoms. The largest absolute Gasteiger partial charge is 0.292 e. The van der Waals surface area contributed by atoms with Gasteiger partial charge >= 0.3 is 0 Å². The van der Waals surface area contributed by atoms with Gasteiger partial charge in [0.05, 0.1) is 16.8 Å². The molecule has 1 saturated heterocycles. The summed E-state index contributed by atoms with van der Waals surface area (Å²) in [6, 6.07) is 11.7. The molecule has 1 aliphatic heterocycles. The number of allylic oxidation sites excluding steroid dienone is 2. The predicted molar refractivity (Wildman–Crippen MR) is 121 cm³/mol. The van der Waals surface area contributed by atoms with E-state index in [0.717, 1.165) is 27.2 Å². The topological polar surface area (TPSA) is 118 Å². The van der Waals surface area contributed by atoms with Gasteiger partial charge in [-0.25, -0.2) is 5.01 Å². The Morgan fingerprint density at radius 2 is 1.71 bits per heavy atom. The maximum Gasteiger partial charge on any atom is 0.273 e. The summed E-state index contributed by atoms with van der Waals surface area (Å²) < 4.78 is 0. The molecule has 3 amide bonds. The van der Waals surface area contributed by atoms with Crippen molar-refractivity contribution in [1.82, 2.24) is 10.0 Å². The van der Waals surface area contributed by atoms with E-state index in [1.807, 2.05) is 19.9 Å². The van der Waals surface area contributed by atoms with Crippen molar-refractivity contribution in [2.45, 2.75) is 26.7 Å². The van der Waals surface area contributed by atoms with Crippen molar-refractivity contribution < 1.29 is 24.1 Å². The number of hydrazine groups is 1. The van der Waals surface area contributed by atoms with E-state index < -0.39 is 46.8 Å². The van der Waals surface area contributed by atoms with Crippen LogP contribution >= 0.6 is 0 Å². The smallest absolute Gasteiger partial charge is 0.273 e. The minimum atomic E-state index is -0.839. The van der Waals surface area contributed by atoms with Gasteiger partial charge in [0, 0.05) is 23.3 Å². The number of nitro groups is 1. The number of hydrogen-bond acceptors (Lipinski definition) is 6. The Kier molecular flexibility index (Phi) is 6.10. The molecule has 9 nitrogen and oxygen atoms in total. The molecule has 0 saturated carbocycles. The summed E-state index contributed by atoms with van der Waals surface area (Å²) in [7, 11) is 0. The van der Waals surface area contributed by atoms with Crippen LogP contribution in [0.5, 0.6) is 0 Å². The van der Waals surface area contributed by atoms with Crippen molar-refractivity contribution in [3.8, 4) is 0 Å². The van der Waals surface area contributed by atoms with Gasteiger partial charge in [0.1, 0.15) is 6.54 Å². The second-order valence-electron chi connectivity index (χ2n) is 8.65. The summed E-state index contributed by atoms with van der Waals surface area (Å²) in [5.74, 6) is -3.61. The Balaban J connectivity index is 1.71. The predicted octanol–water partition coefficient (Wildman–Crippen LogP) is 3.48. The molecular formula is C25H23N3O6. The van der Waals surface area contributed by atoms with Crippen LogP contribution in [0.25, 0.3) is 0 Å². The van der Waals surface area contributed by atoms with Crippen molar-refractivity contribution in [3.63, 3.8) is 0 Å². The number of carbonyl (C=O) groups excluding carboxylic acids is 4. The van der Waals surface area contributed by atoms with Crippen LogP contribution in [0.15, 0.2) is 60.2 Å². The van der Waals surface area contributed by atoms with Crippen molar-refractivity contribution in [3.05, 3.63) is 87.0 Å². The Labute approximate surface area is 195 Å². The molecule has 0 unspecified atom stereocenters. The van der Waals surface area contributed by atoms with Gasteiger partial charge in [-0.15, -0.1) is 0 Å². The zero-order chi connectivity index (χ0) is 24.6. The van der Waals surface area contributed by atoms with Gasteiger partial charge in [-0.3, -0.25) is 29.3 Å². The van der Waals surface area contributed by atoms with Gasteiger partial charge in [-0.2, -0.15) is 5.01 Å². The summed E-state index contributed by atoms with van der Waals surface area (Å²) in [6.07, 6.45) is 2.68. The first-order valence-corrected chi connectivity index (χ1v) is 10.9. The minimum Gasteiger partial charge on any atom is -0.292 e. The fourth-order valence-electron chi connectivity index (χ4n) is 4.36. The molecule has 174 valence electrons. The van der Waals surface area contributed by atoms with Crippen LogP contribution in [0.1, 0.15) is 46.0 Å². The average molecular weight is 461 g/mol. The highest BCUT2D eigenvalue weighted by Gasteiger charge is 2.51. The fourth-order valence-corrected chi connectivity index (χ4v) is 4.36. The zero-order valence-electron chi connectivity index (χ0n) is 18.8. The fraction of sp³-hybridized carbons (Fsp3) is 0.280. The summed E-state index contributed by atoms with van der Waals surface area (Å²) >= 11 is 0. The van der Waals surface area contributed by atoms with E-state index in [1.165, 1.54) is 18.2 Å². The van der Waals surface area contributed by atoms with Crippen LogP contribution in [-0.2, 0) is 9.59 Å². The number of imide groups is 1. The van der Waals surface area contributed by atoms with Crippen molar-refractivity contribution in [1.29, 1.82) is 0 Å². The average Bonchev–Trinajstić information content (AvgIpc) is 3.06. The SMILES string of the molecule is CC1=CC[C@H]2C(=O)N(N(CC(=O)c3ccc(C)cc3)C(=O)c3cccc([N+](=O)[O-])c3)C(=O)[C@H]2C1. The summed E-state index contributed by atoms with van der Waals surface area (Å²) in [4.78, 5) is 63.6. The second kappa shape index (κ2) is 9.01. The van der Waals surface area contributed by atoms with Crippen molar-refractivity contribution in [2.75, 3.05) is 6.54 Å². The highest BCUT2D eigenvalue weighted by Crippen LogP contribution is 2.38. The van der Waals surface area contributed by atoms with E-state index in [9.17, 15) is 29.3 Å². The zero-order valence-corrected chi connectivity index (χ0v) is 18.8. The summed E-state index contributed by atoms with van der Waals surface area (Å²) in [6.45, 7) is 3.18. The molecule has 1 aliphatic carbocycles. The number of rotatable bonds is 6. The lowest BCUT2D eigenvalue weighted by Gasteiger charge is -2.30. The molecular weight excluding hydrogens is 438 g/mol. The number of ketones is 1. The van der Waals surface area contributed by atoms with Crippen LogP contribution in [0.3, 0.4) is 0 Å². The number of fused-ring (bicyclic) bond motifs is 1. The van der Waals surface area contributed by atoms with Gasteiger partial charge in [-0.05, 0) is 32.8 Å². The normalized spacial score (nSPS) is 19.5. The third kappa shape index (κ3) is 4.24. The Hall–Kier alpha value is -4.14. The second-order valence-corrected chi connectivity index (χ2v) is 8.65. The van der Waals surface area contributed by atoms with Crippen LogP contribution in [0.2, 0.25) is 0 Å². The van der Waals surface area contributed by atoms with E-state index in [-0.39, 0.29) is 11.3 Å². The molecule has 4 rings (SSSR count). The van der Waals surface area contributed by atoms with E-state index in [0.29, 0.717) is 18.4 Å². The molecule has 2 aliphatic rings. The van der Waals surface area contributed by atoms with Gasteiger partial charge in [-0.1, -0.05) is 47.5 Å². The summed E-state index contributed by atoms with van der Waals surface area (Å²) in [5.41, 5.74) is 1.82. The van der Waals surface area contributed by atoms with E-state index in [4.69, 9.17) is 0 Å². The number of nitrogens with zero attached hydrogens (tertiary/aromatic N) is 3. The van der Waals surface area contributed by atoms with Crippen LogP contribution < -0.4 is 0 Å². The molecule has 2 aromatic rings. The maximum atomic E-state index is 13.5.